The van der Waals surface area contributed by atoms with Gasteiger partial charge in [0.05, 0.1) is 12.7 Å². The molecule has 2 N–H and O–H groups in total. The molecule has 0 fully saturated rings. The van der Waals surface area contributed by atoms with Crippen LogP contribution in [0.2, 0.25) is 0 Å². The van der Waals surface area contributed by atoms with Gasteiger partial charge < -0.3 is 15.2 Å². The van der Waals surface area contributed by atoms with Gasteiger partial charge in [-0.25, -0.2) is 4.79 Å². The second-order valence-corrected chi connectivity index (χ2v) is 5.01. The molecule has 0 unspecified atom stereocenters. The molecule has 6 heteroatoms. The van der Waals surface area contributed by atoms with Gasteiger partial charge in [-0.3, -0.25) is 0 Å². The summed E-state index contributed by atoms with van der Waals surface area (Å²) in [6.07, 6.45) is 0. The van der Waals surface area contributed by atoms with Crippen molar-refractivity contribution in [2.24, 2.45) is 0 Å². The number of nitrogens with one attached hydrogen (secondary N) is 1. The van der Waals surface area contributed by atoms with E-state index in [0.29, 0.717) is 15.7 Å². The highest BCUT2D eigenvalue weighted by Crippen LogP contribution is 2.27. The van der Waals surface area contributed by atoms with E-state index in [-0.39, 0.29) is 11.3 Å². The van der Waals surface area contributed by atoms with E-state index in [2.05, 4.69) is 27.3 Å². The number of hydrogen-bond donors (Lipinski definition) is 2. The topological polar surface area (TPSA) is 82.3 Å². The first-order valence-corrected chi connectivity index (χ1v) is 6.72. The Balaban J connectivity index is 2.30. The maximum Gasteiger partial charge on any atom is 0.339 e. The molecule has 5 nitrogen and oxygen atoms in total. The van der Waals surface area contributed by atoms with Gasteiger partial charge in [0.15, 0.2) is 0 Å². The highest BCUT2D eigenvalue weighted by atomic mass is 79.9. The summed E-state index contributed by atoms with van der Waals surface area (Å²) in [6, 6.07) is 12.0. The number of ether oxygens (including phenoxy) is 1. The number of hydrogen-bond acceptors (Lipinski definition) is 4. The van der Waals surface area contributed by atoms with E-state index in [1.165, 1.54) is 13.2 Å². The summed E-state index contributed by atoms with van der Waals surface area (Å²) >= 11 is 3.31. The third-order valence-electron chi connectivity index (χ3n) is 2.81. The van der Waals surface area contributed by atoms with E-state index in [0.717, 1.165) is 5.69 Å². The molecule has 0 radical (unpaired) electrons. The van der Waals surface area contributed by atoms with E-state index in [4.69, 9.17) is 15.1 Å². The van der Waals surface area contributed by atoms with Crippen molar-refractivity contribution in [3.05, 3.63) is 52.0 Å². The Morgan fingerprint density at radius 3 is 2.52 bits per heavy atom. The van der Waals surface area contributed by atoms with Crippen LogP contribution in [0.3, 0.4) is 0 Å². The number of carboxylic acids is 1. The van der Waals surface area contributed by atoms with Gasteiger partial charge in [-0.1, -0.05) is 0 Å². The molecular weight excluding hydrogens is 336 g/mol. The lowest BCUT2D eigenvalue weighted by atomic mass is 10.1. The minimum Gasteiger partial charge on any atom is -0.496 e. The number of halogens is 1. The number of methoxy groups -OCH3 is 1. The molecule has 21 heavy (non-hydrogen) atoms. The van der Waals surface area contributed by atoms with Gasteiger partial charge in [-0.05, 0) is 46.3 Å². The van der Waals surface area contributed by atoms with Crippen molar-refractivity contribution in [1.82, 2.24) is 0 Å². The number of aromatic carboxylic acids is 1. The van der Waals surface area contributed by atoms with Gasteiger partial charge in [-0.15, -0.1) is 0 Å². The van der Waals surface area contributed by atoms with E-state index in [1.54, 1.807) is 30.3 Å². The molecule has 2 aromatic carbocycles. The first-order valence-electron chi connectivity index (χ1n) is 5.93. The van der Waals surface area contributed by atoms with Crippen LogP contribution in [0.5, 0.6) is 5.75 Å². The van der Waals surface area contributed by atoms with E-state index >= 15 is 0 Å². The van der Waals surface area contributed by atoms with Crippen LogP contribution in [0.15, 0.2) is 40.9 Å². The molecule has 0 bridgehead atoms. The zero-order chi connectivity index (χ0) is 15.4. The Kier molecular flexibility index (Phi) is 4.45. The predicted octanol–water partition coefficient (Wildman–Crippen LogP) is 3.77. The van der Waals surface area contributed by atoms with Crippen molar-refractivity contribution in [2.45, 2.75) is 0 Å². The summed E-state index contributed by atoms with van der Waals surface area (Å²) < 4.78 is 5.76. The molecule has 0 heterocycles. The first kappa shape index (κ1) is 14.9. The number of carboxylic acid groups (broad SMARTS) is 1. The van der Waals surface area contributed by atoms with Crippen LogP contribution in [0.1, 0.15) is 15.9 Å². The number of carbonyl (C=O) groups is 1. The van der Waals surface area contributed by atoms with E-state index in [1.807, 2.05) is 0 Å². The maximum absolute atomic E-state index is 11.0. The fourth-order valence-electron chi connectivity index (χ4n) is 1.80. The number of nitriles is 1. The van der Waals surface area contributed by atoms with Crippen molar-refractivity contribution >= 4 is 33.3 Å². The number of nitrogens with zero attached hydrogens (tertiary/aromatic N) is 1. The summed E-state index contributed by atoms with van der Waals surface area (Å²) in [6.45, 7) is 0. The van der Waals surface area contributed by atoms with Crippen LogP contribution in [-0.4, -0.2) is 18.2 Å². The van der Waals surface area contributed by atoms with Crippen molar-refractivity contribution in [1.29, 1.82) is 5.26 Å². The lowest BCUT2D eigenvalue weighted by molar-refractivity contribution is 0.0693. The van der Waals surface area contributed by atoms with Crippen LogP contribution in [-0.2, 0) is 0 Å². The van der Waals surface area contributed by atoms with Crippen molar-refractivity contribution in [2.75, 3.05) is 12.4 Å². The zero-order valence-corrected chi connectivity index (χ0v) is 12.6. The van der Waals surface area contributed by atoms with Gasteiger partial charge in [0, 0.05) is 21.9 Å². The van der Waals surface area contributed by atoms with Crippen LogP contribution in [0, 0.1) is 11.3 Å². The third kappa shape index (κ3) is 3.33. The Bertz CT molecular complexity index is 738. The molecule has 0 saturated carbocycles. The van der Waals surface area contributed by atoms with Gasteiger partial charge in [-0.2, -0.15) is 5.26 Å². The fraction of sp³-hybridized carbons (Fsp3) is 0.0667. The molecule has 0 aliphatic heterocycles. The Morgan fingerprint density at radius 2 is 1.95 bits per heavy atom. The first-order chi connectivity index (χ1) is 10.0. The smallest absolute Gasteiger partial charge is 0.339 e. The molecule has 0 aliphatic rings. The average molecular weight is 347 g/mol. The van der Waals surface area contributed by atoms with Crippen LogP contribution in [0.4, 0.5) is 11.4 Å². The molecule has 0 aromatic heterocycles. The lowest BCUT2D eigenvalue weighted by Gasteiger charge is -2.10. The molecule has 0 aliphatic carbocycles. The van der Waals surface area contributed by atoms with Crippen LogP contribution < -0.4 is 10.1 Å². The van der Waals surface area contributed by atoms with Gasteiger partial charge in [0.25, 0.3) is 0 Å². The Hall–Kier alpha value is -2.52. The molecular formula is C15H11BrN2O3. The number of anilines is 2. The number of rotatable bonds is 4. The zero-order valence-electron chi connectivity index (χ0n) is 11.1. The SMILES string of the molecule is COc1cc(Nc2ccc(C#N)c(Br)c2)ccc1C(=O)O. The fourth-order valence-corrected chi connectivity index (χ4v) is 2.26. The molecule has 106 valence electrons. The highest BCUT2D eigenvalue weighted by Gasteiger charge is 2.11. The second kappa shape index (κ2) is 6.29. The van der Waals surface area contributed by atoms with Crippen molar-refractivity contribution < 1.29 is 14.6 Å². The van der Waals surface area contributed by atoms with Crippen LogP contribution in [0.25, 0.3) is 0 Å². The maximum atomic E-state index is 11.0. The summed E-state index contributed by atoms with van der Waals surface area (Å²) in [4.78, 5) is 11.0. The van der Waals surface area contributed by atoms with E-state index in [9.17, 15) is 4.79 Å². The number of benzene rings is 2. The normalized spacial score (nSPS) is 9.76. The summed E-state index contributed by atoms with van der Waals surface area (Å²) in [5, 5.41) is 21.0. The minimum absolute atomic E-state index is 0.101. The molecule has 2 aromatic rings. The van der Waals surface area contributed by atoms with Gasteiger partial charge >= 0.3 is 5.97 Å². The monoisotopic (exact) mass is 346 g/mol. The standard InChI is InChI=1S/C15H11BrN2O3/c1-21-14-7-11(4-5-12(14)15(19)20)18-10-3-2-9(8-17)13(16)6-10/h2-7,18H,1H3,(H,19,20). The quantitative estimate of drug-likeness (QED) is 0.880. The molecule has 2 rings (SSSR count). The Labute approximate surface area is 129 Å². The largest absolute Gasteiger partial charge is 0.496 e. The Morgan fingerprint density at radius 1 is 1.29 bits per heavy atom. The molecule has 0 spiro atoms. The molecule has 0 atom stereocenters. The summed E-state index contributed by atoms with van der Waals surface area (Å²) in [5.41, 5.74) is 2.10. The van der Waals surface area contributed by atoms with Gasteiger partial charge in [0.2, 0.25) is 0 Å². The third-order valence-corrected chi connectivity index (χ3v) is 3.47. The lowest BCUT2D eigenvalue weighted by Crippen LogP contribution is -2.01. The molecule has 0 saturated heterocycles. The van der Waals surface area contributed by atoms with Crippen molar-refractivity contribution in [3.63, 3.8) is 0 Å². The highest BCUT2D eigenvalue weighted by molar-refractivity contribution is 9.10. The van der Waals surface area contributed by atoms with Gasteiger partial charge in [0.1, 0.15) is 17.4 Å². The van der Waals surface area contributed by atoms with E-state index < -0.39 is 5.97 Å². The summed E-state index contributed by atoms with van der Waals surface area (Å²) in [7, 11) is 1.42. The average Bonchev–Trinajstić information content (AvgIpc) is 2.47. The van der Waals surface area contributed by atoms with Crippen LogP contribution >= 0.6 is 15.9 Å². The molecule has 0 amide bonds. The summed E-state index contributed by atoms with van der Waals surface area (Å²) in [5.74, 6) is -0.764. The predicted molar refractivity (Wildman–Crippen MR) is 82.1 cm³/mol. The second-order valence-electron chi connectivity index (χ2n) is 4.15. The van der Waals surface area contributed by atoms with Crippen molar-refractivity contribution in [3.8, 4) is 11.8 Å². The minimum atomic E-state index is -1.04.